The van der Waals surface area contributed by atoms with E-state index in [1.807, 2.05) is 20.8 Å². The third-order valence-electron chi connectivity index (χ3n) is 4.00. The summed E-state index contributed by atoms with van der Waals surface area (Å²) in [6.07, 6.45) is 2.68. The SMILES string of the molecule is CC(C)(C)C1(NC(=O)O)CCC(NS(C)(=O)=O)CC1. The lowest BCUT2D eigenvalue weighted by Gasteiger charge is -2.48. The lowest BCUT2D eigenvalue weighted by molar-refractivity contribution is 0.0767. The van der Waals surface area contributed by atoms with E-state index in [2.05, 4.69) is 10.0 Å². The minimum atomic E-state index is -3.21. The fourth-order valence-electron chi connectivity index (χ4n) is 2.80. The molecule has 0 aliphatic heterocycles. The molecule has 1 saturated carbocycles. The molecule has 1 rings (SSSR count). The van der Waals surface area contributed by atoms with Gasteiger partial charge >= 0.3 is 6.09 Å². The first kappa shape index (κ1) is 16.2. The quantitative estimate of drug-likeness (QED) is 0.735. The normalized spacial score (nSPS) is 28.9. The van der Waals surface area contributed by atoms with Gasteiger partial charge in [0.15, 0.2) is 0 Å². The molecule has 0 bridgehead atoms. The highest BCUT2D eigenvalue weighted by Gasteiger charge is 2.45. The molecular weight excluding hydrogens is 268 g/mol. The number of sulfonamides is 1. The monoisotopic (exact) mass is 292 g/mol. The maximum Gasteiger partial charge on any atom is 0.405 e. The molecule has 19 heavy (non-hydrogen) atoms. The van der Waals surface area contributed by atoms with Crippen LogP contribution in [0.4, 0.5) is 4.79 Å². The van der Waals surface area contributed by atoms with Gasteiger partial charge in [-0.1, -0.05) is 20.8 Å². The van der Waals surface area contributed by atoms with Gasteiger partial charge in [0, 0.05) is 11.6 Å². The molecule has 0 aromatic carbocycles. The van der Waals surface area contributed by atoms with Crippen LogP contribution < -0.4 is 10.0 Å². The Balaban J connectivity index is 2.78. The predicted molar refractivity (Wildman–Crippen MR) is 73.6 cm³/mol. The summed E-state index contributed by atoms with van der Waals surface area (Å²) in [6.45, 7) is 6.02. The molecule has 0 spiro atoms. The maximum absolute atomic E-state index is 11.2. The summed E-state index contributed by atoms with van der Waals surface area (Å²) in [6, 6.07) is -0.0962. The number of nitrogens with one attached hydrogen (secondary N) is 2. The minimum absolute atomic E-state index is 0.0962. The zero-order valence-corrected chi connectivity index (χ0v) is 12.8. The summed E-state index contributed by atoms with van der Waals surface area (Å²) in [7, 11) is -3.21. The molecule has 0 atom stereocenters. The Bertz CT molecular complexity index is 431. The predicted octanol–water partition coefficient (Wildman–Crippen LogP) is 1.53. The van der Waals surface area contributed by atoms with Crippen LogP contribution in [0.1, 0.15) is 46.5 Å². The minimum Gasteiger partial charge on any atom is -0.465 e. The van der Waals surface area contributed by atoms with E-state index in [1.54, 1.807) is 0 Å². The lowest BCUT2D eigenvalue weighted by atomic mass is 9.65. The Hall–Kier alpha value is -0.820. The average Bonchev–Trinajstić information content (AvgIpc) is 2.16. The Morgan fingerprint density at radius 1 is 1.26 bits per heavy atom. The number of carboxylic acid groups (broad SMARTS) is 1. The van der Waals surface area contributed by atoms with Crippen molar-refractivity contribution in [2.45, 2.75) is 58.0 Å². The second-order valence-corrected chi connectivity index (χ2v) is 8.21. The van der Waals surface area contributed by atoms with Crippen LogP contribution in [0.3, 0.4) is 0 Å². The molecule has 7 heteroatoms. The third-order valence-corrected chi connectivity index (χ3v) is 4.76. The molecule has 6 nitrogen and oxygen atoms in total. The van der Waals surface area contributed by atoms with Gasteiger partial charge in [-0.15, -0.1) is 0 Å². The van der Waals surface area contributed by atoms with Crippen LogP contribution in [-0.2, 0) is 10.0 Å². The summed E-state index contributed by atoms with van der Waals surface area (Å²) in [4.78, 5) is 11.0. The van der Waals surface area contributed by atoms with Crippen LogP contribution in [0.5, 0.6) is 0 Å². The van der Waals surface area contributed by atoms with E-state index in [9.17, 15) is 13.2 Å². The lowest BCUT2D eigenvalue weighted by Crippen LogP contribution is -2.60. The van der Waals surface area contributed by atoms with Crippen molar-refractivity contribution in [1.82, 2.24) is 10.0 Å². The summed E-state index contributed by atoms with van der Waals surface area (Å²) < 4.78 is 25.0. The van der Waals surface area contributed by atoms with E-state index in [4.69, 9.17) is 5.11 Å². The Morgan fingerprint density at radius 2 is 1.74 bits per heavy atom. The fraction of sp³-hybridized carbons (Fsp3) is 0.917. The highest BCUT2D eigenvalue weighted by atomic mass is 32.2. The number of carbonyl (C=O) groups is 1. The summed E-state index contributed by atoms with van der Waals surface area (Å²) >= 11 is 0. The molecule has 1 aliphatic rings. The summed E-state index contributed by atoms with van der Waals surface area (Å²) in [5.74, 6) is 0. The van der Waals surface area contributed by atoms with Gasteiger partial charge in [0.2, 0.25) is 10.0 Å². The van der Waals surface area contributed by atoms with Gasteiger partial charge in [0.25, 0.3) is 0 Å². The van der Waals surface area contributed by atoms with E-state index in [-0.39, 0.29) is 11.5 Å². The number of hydrogen-bond acceptors (Lipinski definition) is 3. The molecule has 0 aromatic heterocycles. The van der Waals surface area contributed by atoms with E-state index in [0.717, 1.165) is 6.26 Å². The molecule has 0 radical (unpaired) electrons. The molecule has 0 saturated heterocycles. The van der Waals surface area contributed by atoms with Crippen molar-refractivity contribution in [3.05, 3.63) is 0 Å². The third kappa shape index (κ3) is 4.35. The smallest absolute Gasteiger partial charge is 0.405 e. The van der Waals surface area contributed by atoms with Crippen molar-refractivity contribution >= 4 is 16.1 Å². The first-order chi connectivity index (χ1) is 8.45. The number of hydrogen-bond donors (Lipinski definition) is 3. The maximum atomic E-state index is 11.2. The first-order valence-corrected chi connectivity index (χ1v) is 8.33. The zero-order chi connectivity index (χ0) is 14.9. The standard InChI is InChI=1S/C12H24N2O4S/c1-11(2,3)12(13-10(15)16)7-5-9(6-8-12)14-19(4,17)18/h9,13-14H,5-8H2,1-4H3,(H,15,16). The van der Waals surface area contributed by atoms with Gasteiger partial charge in [-0.05, 0) is 31.1 Å². The van der Waals surface area contributed by atoms with Crippen LogP contribution in [0.15, 0.2) is 0 Å². The van der Waals surface area contributed by atoms with Gasteiger partial charge in [-0.25, -0.2) is 17.9 Å². The zero-order valence-electron chi connectivity index (χ0n) is 12.0. The Labute approximate surface area is 115 Å². The number of rotatable bonds is 3. The second kappa shape index (κ2) is 5.28. The van der Waals surface area contributed by atoms with Crippen molar-refractivity contribution in [2.75, 3.05) is 6.26 Å². The van der Waals surface area contributed by atoms with Gasteiger partial charge in [0.05, 0.1) is 6.26 Å². The molecule has 0 aromatic rings. The average molecular weight is 292 g/mol. The molecule has 3 N–H and O–H groups in total. The molecule has 1 fully saturated rings. The molecule has 1 amide bonds. The van der Waals surface area contributed by atoms with Crippen molar-refractivity contribution in [3.8, 4) is 0 Å². The number of amides is 1. The Morgan fingerprint density at radius 3 is 2.05 bits per heavy atom. The largest absolute Gasteiger partial charge is 0.465 e. The van der Waals surface area contributed by atoms with Crippen LogP contribution in [0.25, 0.3) is 0 Å². The molecule has 0 heterocycles. The van der Waals surface area contributed by atoms with Crippen molar-refractivity contribution in [3.63, 3.8) is 0 Å². The fourth-order valence-corrected chi connectivity index (χ4v) is 3.64. The highest BCUT2D eigenvalue weighted by molar-refractivity contribution is 7.88. The van der Waals surface area contributed by atoms with Crippen LogP contribution >= 0.6 is 0 Å². The van der Waals surface area contributed by atoms with Gasteiger partial charge in [-0.3, -0.25) is 0 Å². The van der Waals surface area contributed by atoms with Crippen LogP contribution in [-0.4, -0.2) is 37.5 Å². The summed E-state index contributed by atoms with van der Waals surface area (Å²) in [5.41, 5.74) is -0.698. The molecule has 112 valence electrons. The molecule has 0 unspecified atom stereocenters. The van der Waals surface area contributed by atoms with Crippen molar-refractivity contribution < 1.29 is 18.3 Å². The topological polar surface area (TPSA) is 95.5 Å². The Kier molecular flexibility index (Phi) is 4.51. The van der Waals surface area contributed by atoms with Crippen molar-refractivity contribution in [1.29, 1.82) is 0 Å². The first-order valence-electron chi connectivity index (χ1n) is 6.44. The van der Waals surface area contributed by atoms with E-state index in [1.165, 1.54) is 0 Å². The van der Waals surface area contributed by atoms with Gasteiger partial charge in [0.1, 0.15) is 0 Å². The van der Waals surface area contributed by atoms with E-state index >= 15 is 0 Å². The second-order valence-electron chi connectivity index (χ2n) is 6.43. The van der Waals surface area contributed by atoms with Crippen LogP contribution in [0.2, 0.25) is 0 Å². The highest BCUT2D eigenvalue weighted by Crippen LogP contribution is 2.42. The van der Waals surface area contributed by atoms with Crippen LogP contribution in [0, 0.1) is 5.41 Å². The molecular formula is C12H24N2O4S. The van der Waals surface area contributed by atoms with E-state index in [0.29, 0.717) is 25.7 Å². The van der Waals surface area contributed by atoms with Crippen molar-refractivity contribution in [2.24, 2.45) is 5.41 Å². The van der Waals surface area contributed by atoms with Gasteiger partial charge < -0.3 is 10.4 Å². The van der Waals surface area contributed by atoms with Gasteiger partial charge in [-0.2, -0.15) is 0 Å². The summed E-state index contributed by atoms with van der Waals surface area (Å²) in [5, 5.41) is 11.7. The molecule has 1 aliphatic carbocycles. The van der Waals surface area contributed by atoms with E-state index < -0.39 is 21.7 Å².